The molecule has 0 bridgehead atoms. The minimum absolute atomic E-state index is 0.0877. The average molecular weight is 373 g/mol. The standard InChI is InChI=1S/C22H23N5O/c1-14-8-9-15(2)19(12-14)26-11-10-18-17(21(26)28)13-23-22-24-20(25-27(18)22)16-6-4-3-5-7-16/h8-13,16H,3-7H2,1-2H3. The van der Waals surface area contributed by atoms with Gasteiger partial charge in [-0.2, -0.15) is 9.50 Å². The number of aryl methyl sites for hydroxylation is 2. The summed E-state index contributed by atoms with van der Waals surface area (Å²) in [5.74, 6) is 1.83. The van der Waals surface area contributed by atoms with Crippen molar-refractivity contribution in [1.29, 1.82) is 0 Å². The van der Waals surface area contributed by atoms with Gasteiger partial charge in [-0.1, -0.05) is 31.4 Å². The van der Waals surface area contributed by atoms with Gasteiger partial charge in [-0.15, -0.1) is 5.10 Å². The topological polar surface area (TPSA) is 65.1 Å². The summed E-state index contributed by atoms with van der Waals surface area (Å²) in [4.78, 5) is 22.3. The fraction of sp³-hybridized carbons (Fsp3) is 0.364. The molecule has 0 atom stereocenters. The van der Waals surface area contributed by atoms with E-state index >= 15 is 0 Å². The Balaban J connectivity index is 1.68. The Morgan fingerprint density at radius 1 is 1.07 bits per heavy atom. The molecule has 1 saturated carbocycles. The summed E-state index contributed by atoms with van der Waals surface area (Å²) in [7, 11) is 0. The minimum Gasteiger partial charge on any atom is -0.283 e. The van der Waals surface area contributed by atoms with Gasteiger partial charge in [0.2, 0.25) is 0 Å². The van der Waals surface area contributed by atoms with Gasteiger partial charge in [0.1, 0.15) is 0 Å². The van der Waals surface area contributed by atoms with Crippen LogP contribution in [0, 0.1) is 13.8 Å². The van der Waals surface area contributed by atoms with E-state index in [1.807, 2.05) is 38.2 Å². The van der Waals surface area contributed by atoms with Crippen molar-refractivity contribution < 1.29 is 0 Å². The van der Waals surface area contributed by atoms with Gasteiger partial charge in [-0.3, -0.25) is 9.36 Å². The largest absolute Gasteiger partial charge is 0.283 e. The molecule has 4 aromatic rings. The normalized spacial score (nSPS) is 15.5. The molecular formula is C22H23N5O. The van der Waals surface area contributed by atoms with Gasteiger partial charge in [0.25, 0.3) is 11.3 Å². The van der Waals surface area contributed by atoms with E-state index in [0.29, 0.717) is 17.1 Å². The van der Waals surface area contributed by atoms with Crippen LogP contribution in [0.2, 0.25) is 0 Å². The maximum Gasteiger partial charge on any atom is 0.266 e. The molecule has 28 heavy (non-hydrogen) atoms. The molecule has 6 heteroatoms. The zero-order valence-corrected chi connectivity index (χ0v) is 16.2. The van der Waals surface area contributed by atoms with Gasteiger partial charge < -0.3 is 0 Å². The van der Waals surface area contributed by atoms with Crippen LogP contribution in [0.5, 0.6) is 0 Å². The first kappa shape index (κ1) is 17.1. The SMILES string of the molecule is Cc1ccc(C)c(-n2ccc3c(cnc4nc(C5CCCCC5)nn43)c2=O)c1. The van der Waals surface area contributed by atoms with E-state index in [4.69, 9.17) is 5.10 Å². The van der Waals surface area contributed by atoms with Crippen LogP contribution >= 0.6 is 0 Å². The molecule has 1 aromatic carbocycles. The Labute approximate surface area is 162 Å². The van der Waals surface area contributed by atoms with Crippen molar-refractivity contribution in [3.8, 4) is 5.69 Å². The van der Waals surface area contributed by atoms with Crippen molar-refractivity contribution in [3.05, 3.63) is 64.0 Å². The predicted molar refractivity (Wildman–Crippen MR) is 109 cm³/mol. The highest BCUT2D eigenvalue weighted by molar-refractivity contribution is 5.79. The lowest BCUT2D eigenvalue weighted by Gasteiger charge is -2.17. The molecule has 0 radical (unpaired) electrons. The van der Waals surface area contributed by atoms with Crippen LogP contribution in [0.1, 0.15) is 55.0 Å². The van der Waals surface area contributed by atoms with Crippen molar-refractivity contribution in [2.45, 2.75) is 51.9 Å². The van der Waals surface area contributed by atoms with Crippen molar-refractivity contribution in [2.75, 3.05) is 0 Å². The summed E-state index contributed by atoms with van der Waals surface area (Å²) in [6.07, 6.45) is 9.48. The molecule has 5 rings (SSSR count). The lowest BCUT2D eigenvalue weighted by Crippen LogP contribution is -2.19. The van der Waals surface area contributed by atoms with Crippen LogP contribution < -0.4 is 5.56 Å². The average Bonchev–Trinajstić information content (AvgIpc) is 3.16. The van der Waals surface area contributed by atoms with Crippen LogP contribution in [0.25, 0.3) is 22.4 Å². The first-order chi connectivity index (χ1) is 13.6. The van der Waals surface area contributed by atoms with Crippen molar-refractivity contribution in [2.24, 2.45) is 0 Å². The zero-order chi connectivity index (χ0) is 19.3. The molecule has 0 unspecified atom stereocenters. The molecule has 3 heterocycles. The molecule has 0 amide bonds. The minimum atomic E-state index is -0.0877. The number of benzene rings is 1. The van der Waals surface area contributed by atoms with E-state index in [0.717, 1.165) is 41.0 Å². The predicted octanol–water partition coefficient (Wildman–Crippen LogP) is 4.09. The van der Waals surface area contributed by atoms with Crippen LogP contribution in [0.4, 0.5) is 0 Å². The molecule has 0 spiro atoms. The number of hydrogen-bond acceptors (Lipinski definition) is 4. The van der Waals surface area contributed by atoms with Gasteiger partial charge in [0.15, 0.2) is 5.82 Å². The highest BCUT2D eigenvalue weighted by atomic mass is 16.1. The van der Waals surface area contributed by atoms with Crippen LogP contribution in [0.3, 0.4) is 0 Å². The van der Waals surface area contributed by atoms with Crippen molar-refractivity contribution in [3.63, 3.8) is 0 Å². The first-order valence-electron chi connectivity index (χ1n) is 9.96. The molecule has 0 aliphatic heterocycles. The maximum atomic E-state index is 13.2. The fourth-order valence-electron chi connectivity index (χ4n) is 4.24. The van der Waals surface area contributed by atoms with Crippen LogP contribution in [0.15, 0.2) is 41.5 Å². The fourth-order valence-corrected chi connectivity index (χ4v) is 4.24. The van der Waals surface area contributed by atoms with Crippen molar-refractivity contribution in [1.82, 2.24) is 24.1 Å². The van der Waals surface area contributed by atoms with E-state index in [9.17, 15) is 4.79 Å². The molecule has 142 valence electrons. The van der Waals surface area contributed by atoms with E-state index in [1.165, 1.54) is 19.3 Å². The van der Waals surface area contributed by atoms with E-state index < -0.39 is 0 Å². The molecule has 0 saturated heterocycles. The summed E-state index contributed by atoms with van der Waals surface area (Å²) in [6, 6.07) is 8.06. The summed E-state index contributed by atoms with van der Waals surface area (Å²) in [6.45, 7) is 4.04. The van der Waals surface area contributed by atoms with Gasteiger partial charge in [0, 0.05) is 18.3 Å². The lowest BCUT2D eigenvalue weighted by atomic mass is 9.89. The lowest BCUT2D eigenvalue weighted by molar-refractivity contribution is 0.429. The van der Waals surface area contributed by atoms with E-state index in [-0.39, 0.29) is 5.56 Å². The Morgan fingerprint density at radius 2 is 1.89 bits per heavy atom. The second-order valence-corrected chi connectivity index (χ2v) is 7.85. The highest BCUT2D eigenvalue weighted by Gasteiger charge is 2.21. The number of pyridine rings is 1. The number of nitrogens with zero attached hydrogens (tertiary/aromatic N) is 5. The number of fused-ring (bicyclic) bond motifs is 3. The third kappa shape index (κ3) is 2.71. The highest BCUT2D eigenvalue weighted by Crippen LogP contribution is 2.31. The number of rotatable bonds is 2. The van der Waals surface area contributed by atoms with Crippen LogP contribution in [-0.4, -0.2) is 24.1 Å². The van der Waals surface area contributed by atoms with Gasteiger partial charge in [-0.25, -0.2) is 4.98 Å². The van der Waals surface area contributed by atoms with Crippen molar-refractivity contribution >= 4 is 16.7 Å². The molecule has 0 N–H and O–H groups in total. The summed E-state index contributed by atoms with van der Waals surface area (Å²) >= 11 is 0. The first-order valence-corrected chi connectivity index (χ1v) is 9.96. The summed E-state index contributed by atoms with van der Waals surface area (Å²) in [5, 5.41) is 5.29. The molecule has 6 nitrogen and oxygen atoms in total. The number of aromatic nitrogens is 5. The molecule has 1 aliphatic rings. The second-order valence-electron chi connectivity index (χ2n) is 7.85. The summed E-state index contributed by atoms with van der Waals surface area (Å²) < 4.78 is 3.42. The Bertz CT molecular complexity index is 1250. The Kier molecular flexibility index (Phi) is 4.00. The maximum absolute atomic E-state index is 13.2. The molecule has 1 aliphatic carbocycles. The van der Waals surface area contributed by atoms with E-state index in [2.05, 4.69) is 16.0 Å². The molecular weight excluding hydrogens is 350 g/mol. The smallest absolute Gasteiger partial charge is 0.266 e. The molecule has 3 aromatic heterocycles. The Morgan fingerprint density at radius 3 is 2.71 bits per heavy atom. The monoisotopic (exact) mass is 373 g/mol. The summed E-state index contributed by atoms with van der Waals surface area (Å²) in [5.41, 5.74) is 3.74. The van der Waals surface area contributed by atoms with Gasteiger partial charge >= 0.3 is 0 Å². The molecule has 1 fully saturated rings. The third-order valence-electron chi connectivity index (χ3n) is 5.84. The van der Waals surface area contributed by atoms with E-state index in [1.54, 1.807) is 15.3 Å². The number of hydrogen-bond donors (Lipinski definition) is 0. The zero-order valence-electron chi connectivity index (χ0n) is 16.2. The van der Waals surface area contributed by atoms with Gasteiger partial charge in [-0.05, 0) is 49.9 Å². The quantitative estimate of drug-likeness (QED) is 0.531. The van der Waals surface area contributed by atoms with Gasteiger partial charge in [0.05, 0.1) is 16.6 Å². The Hall–Kier alpha value is -3.02. The van der Waals surface area contributed by atoms with Crippen LogP contribution in [-0.2, 0) is 0 Å². The third-order valence-corrected chi connectivity index (χ3v) is 5.84. The second kappa shape index (κ2) is 6.55.